The quantitative estimate of drug-likeness (QED) is 0.872. The molecule has 5 heteroatoms. The predicted octanol–water partition coefficient (Wildman–Crippen LogP) is 2.17. The Hall–Kier alpha value is -1.26. The maximum atomic E-state index is 11.4. The molecule has 0 spiro atoms. The van der Waals surface area contributed by atoms with E-state index < -0.39 is 6.04 Å². The standard InChI is InChI=1S/C14H22N2O2.ClH/c1-9(2)18-13-7-10(3)5-6-12(13)8-16-14(17)11(4)15;/h5-7,9,11H,8,15H2,1-4H3,(H,16,17);1H/t11-;/m1./s1. The van der Waals surface area contributed by atoms with Crippen molar-refractivity contribution < 1.29 is 9.53 Å². The second-order valence-electron chi connectivity index (χ2n) is 4.78. The lowest BCUT2D eigenvalue weighted by Gasteiger charge is -2.16. The summed E-state index contributed by atoms with van der Waals surface area (Å²) in [6, 6.07) is 5.45. The molecule has 0 heterocycles. The van der Waals surface area contributed by atoms with E-state index in [4.69, 9.17) is 10.5 Å². The van der Waals surface area contributed by atoms with Crippen molar-refractivity contribution in [2.24, 2.45) is 5.73 Å². The van der Waals surface area contributed by atoms with Gasteiger partial charge in [0, 0.05) is 12.1 Å². The maximum Gasteiger partial charge on any atom is 0.236 e. The molecule has 0 aliphatic rings. The van der Waals surface area contributed by atoms with Crippen LogP contribution in [-0.4, -0.2) is 18.1 Å². The number of amides is 1. The first-order valence-electron chi connectivity index (χ1n) is 6.19. The van der Waals surface area contributed by atoms with Gasteiger partial charge in [-0.15, -0.1) is 12.4 Å². The van der Waals surface area contributed by atoms with Gasteiger partial charge in [-0.05, 0) is 39.3 Å². The van der Waals surface area contributed by atoms with Gasteiger partial charge in [0.05, 0.1) is 12.1 Å². The van der Waals surface area contributed by atoms with Crippen LogP contribution in [0.3, 0.4) is 0 Å². The fraction of sp³-hybridized carbons (Fsp3) is 0.500. The summed E-state index contributed by atoms with van der Waals surface area (Å²) in [5.41, 5.74) is 7.59. The fourth-order valence-electron chi connectivity index (χ4n) is 1.51. The van der Waals surface area contributed by atoms with Gasteiger partial charge in [0.25, 0.3) is 0 Å². The minimum absolute atomic E-state index is 0. The third-order valence-electron chi connectivity index (χ3n) is 2.45. The number of rotatable bonds is 5. The molecule has 1 aromatic carbocycles. The number of aryl methyl sites for hydroxylation is 1. The first-order chi connectivity index (χ1) is 8.40. The third kappa shape index (κ3) is 5.94. The minimum atomic E-state index is -0.495. The zero-order valence-corrected chi connectivity index (χ0v) is 12.7. The fourth-order valence-corrected chi connectivity index (χ4v) is 1.51. The van der Waals surface area contributed by atoms with Gasteiger partial charge in [0.1, 0.15) is 5.75 Å². The molecule has 4 nitrogen and oxygen atoms in total. The second-order valence-corrected chi connectivity index (χ2v) is 4.78. The number of nitrogens with one attached hydrogen (secondary N) is 1. The number of carbonyl (C=O) groups excluding carboxylic acids is 1. The Labute approximate surface area is 121 Å². The van der Waals surface area contributed by atoms with Crippen LogP contribution in [0.1, 0.15) is 31.9 Å². The lowest BCUT2D eigenvalue weighted by Crippen LogP contribution is -2.37. The molecule has 0 radical (unpaired) electrons. The van der Waals surface area contributed by atoms with E-state index in [1.165, 1.54) is 0 Å². The highest BCUT2D eigenvalue weighted by Crippen LogP contribution is 2.21. The molecule has 0 aromatic heterocycles. The molecule has 0 unspecified atom stereocenters. The highest BCUT2D eigenvalue weighted by atomic mass is 35.5. The molecular weight excluding hydrogens is 264 g/mol. The number of ether oxygens (including phenoxy) is 1. The third-order valence-corrected chi connectivity index (χ3v) is 2.45. The molecule has 0 bridgehead atoms. The van der Waals surface area contributed by atoms with E-state index in [1.807, 2.05) is 39.0 Å². The highest BCUT2D eigenvalue weighted by Gasteiger charge is 2.10. The van der Waals surface area contributed by atoms with Crippen LogP contribution in [0.15, 0.2) is 18.2 Å². The van der Waals surface area contributed by atoms with Gasteiger partial charge in [-0.25, -0.2) is 0 Å². The molecule has 19 heavy (non-hydrogen) atoms. The van der Waals surface area contributed by atoms with E-state index in [2.05, 4.69) is 5.32 Å². The molecular formula is C14H23ClN2O2. The lowest BCUT2D eigenvalue weighted by atomic mass is 10.1. The lowest BCUT2D eigenvalue weighted by molar-refractivity contribution is -0.122. The normalized spacial score (nSPS) is 11.7. The first-order valence-corrected chi connectivity index (χ1v) is 6.19. The Morgan fingerprint density at radius 2 is 2.00 bits per heavy atom. The smallest absolute Gasteiger partial charge is 0.236 e. The van der Waals surface area contributed by atoms with E-state index in [9.17, 15) is 4.79 Å². The molecule has 1 aromatic rings. The number of hydrogen-bond donors (Lipinski definition) is 2. The molecule has 108 valence electrons. The van der Waals surface area contributed by atoms with Crippen molar-refractivity contribution in [2.45, 2.75) is 46.4 Å². The first kappa shape index (κ1) is 17.7. The van der Waals surface area contributed by atoms with Gasteiger partial charge in [-0.1, -0.05) is 12.1 Å². The molecule has 0 aliphatic heterocycles. The Kier molecular flexibility index (Phi) is 7.49. The molecule has 3 N–H and O–H groups in total. The van der Waals surface area contributed by atoms with Crippen LogP contribution in [0.25, 0.3) is 0 Å². The summed E-state index contributed by atoms with van der Waals surface area (Å²) in [6.07, 6.45) is 0.106. The topological polar surface area (TPSA) is 64.4 Å². The van der Waals surface area contributed by atoms with Crippen molar-refractivity contribution >= 4 is 18.3 Å². The van der Waals surface area contributed by atoms with Crippen molar-refractivity contribution in [3.8, 4) is 5.75 Å². The van der Waals surface area contributed by atoms with Crippen molar-refractivity contribution in [1.82, 2.24) is 5.32 Å². The number of hydrogen-bond acceptors (Lipinski definition) is 3. The summed E-state index contributed by atoms with van der Waals surface area (Å²) in [7, 11) is 0. The molecule has 1 amide bonds. The Bertz CT molecular complexity index is 420. The largest absolute Gasteiger partial charge is 0.491 e. The van der Waals surface area contributed by atoms with E-state index in [0.29, 0.717) is 6.54 Å². The zero-order chi connectivity index (χ0) is 13.7. The second kappa shape index (κ2) is 8.02. The van der Waals surface area contributed by atoms with Crippen LogP contribution in [0, 0.1) is 6.92 Å². The predicted molar refractivity (Wildman–Crippen MR) is 79.7 cm³/mol. The van der Waals surface area contributed by atoms with Crippen molar-refractivity contribution in [3.63, 3.8) is 0 Å². The maximum absolute atomic E-state index is 11.4. The number of benzene rings is 1. The highest BCUT2D eigenvalue weighted by molar-refractivity contribution is 5.85. The van der Waals surface area contributed by atoms with Crippen LogP contribution < -0.4 is 15.8 Å². The molecule has 0 aliphatic carbocycles. The summed E-state index contributed by atoms with van der Waals surface area (Å²) in [5, 5.41) is 2.79. The van der Waals surface area contributed by atoms with Crippen LogP contribution in [-0.2, 0) is 11.3 Å². The summed E-state index contributed by atoms with van der Waals surface area (Å²) < 4.78 is 5.74. The molecule has 0 fully saturated rings. The Morgan fingerprint density at radius 3 is 2.53 bits per heavy atom. The average Bonchev–Trinajstić information content (AvgIpc) is 2.26. The molecule has 1 rings (SSSR count). The average molecular weight is 287 g/mol. The Balaban J connectivity index is 0.00000324. The monoisotopic (exact) mass is 286 g/mol. The van der Waals surface area contributed by atoms with Crippen LogP contribution >= 0.6 is 12.4 Å². The molecule has 0 saturated heterocycles. The van der Waals surface area contributed by atoms with Crippen LogP contribution in [0.4, 0.5) is 0 Å². The van der Waals surface area contributed by atoms with Crippen LogP contribution in [0.2, 0.25) is 0 Å². The number of carbonyl (C=O) groups is 1. The van der Waals surface area contributed by atoms with Crippen molar-refractivity contribution in [2.75, 3.05) is 0 Å². The number of nitrogens with two attached hydrogens (primary N) is 1. The SMILES string of the molecule is Cc1ccc(CNC(=O)[C@@H](C)N)c(OC(C)C)c1.Cl. The molecule has 0 saturated carbocycles. The van der Waals surface area contributed by atoms with Crippen molar-refractivity contribution in [3.05, 3.63) is 29.3 Å². The van der Waals surface area contributed by atoms with Gasteiger partial charge in [-0.2, -0.15) is 0 Å². The van der Waals surface area contributed by atoms with Gasteiger partial charge in [0.15, 0.2) is 0 Å². The summed E-state index contributed by atoms with van der Waals surface area (Å²) in [4.78, 5) is 11.4. The van der Waals surface area contributed by atoms with Crippen molar-refractivity contribution in [1.29, 1.82) is 0 Å². The Morgan fingerprint density at radius 1 is 1.37 bits per heavy atom. The van der Waals surface area contributed by atoms with E-state index in [1.54, 1.807) is 6.92 Å². The van der Waals surface area contributed by atoms with E-state index in [0.717, 1.165) is 16.9 Å². The zero-order valence-electron chi connectivity index (χ0n) is 11.9. The van der Waals surface area contributed by atoms with Crippen LogP contribution in [0.5, 0.6) is 5.75 Å². The summed E-state index contributed by atoms with van der Waals surface area (Å²) >= 11 is 0. The van der Waals surface area contributed by atoms with E-state index >= 15 is 0 Å². The summed E-state index contributed by atoms with van der Waals surface area (Å²) in [6.45, 7) is 8.06. The van der Waals surface area contributed by atoms with E-state index in [-0.39, 0.29) is 24.4 Å². The van der Waals surface area contributed by atoms with Gasteiger partial charge < -0.3 is 15.8 Å². The molecule has 1 atom stereocenters. The minimum Gasteiger partial charge on any atom is -0.491 e. The van der Waals surface area contributed by atoms with Gasteiger partial charge in [-0.3, -0.25) is 4.79 Å². The van der Waals surface area contributed by atoms with Gasteiger partial charge >= 0.3 is 0 Å². The summed E-state index contributed by atoms with van der Waals surface area (Å²) in [5.74, 6) is 0.654. The van der Waals surface area contributed by atoms with Gasteiger partial charge in [0.2, 0.25) is 5.91 Å². The number of halogens is 1.